The molecule has 1 rings (SSSR count). The number of nitro groups is 1. The Kier molecular flexibility index (Phi) is 10.3. The molecule has 33 heavy (non-hydrogen) atoms. The Labute approximate surface area is 190 Å². The van der Waals surface area contributed by atoms with E-state index in [4.69, 9.17) is 14.2 Å². The molecule has 178 valence electrons. The second kappa shape index (κ2) is 12.7. The first kappa shape index (κ1) is 26.9. The summed E-state index contributed by atoms with van der Waals surface area (Å²) in [5, 5.41) is 30.8. The van der Waals surface area contributed by atoms with Crippen LogP contribution >= 0.6 is 0 Å². The number of amides is 1. The Morgan fingerprint density at radius 1 is 1.27 bits per heavy atom. The molecule has 0 aliphatic heterocycles. The van der Waals surface area contributed by atoms with Crippen LogP contribution in [0.15, 0.2) is 17.7 Å². The van der Waals surface area contributed by atoms with Crippen LogP contribution in [0.4, 0.5) is 10.5 Å². The number of nitrogens with zero attached hydrogens (tertiary/aromatic N) is 3. The number of likely N-dealkylation sites (N-methyl/N-ethyl adjacent to an activating group) is 1. The van der Waals surface area contributed by atoms with Gasteiger partial charge in [-0.3, -0.25) is 19.7 Å². The topological polar surface area (TPSA) is 169 Å². The third-order valence-electron chi connectivity index (χ3n) is 4.24. The summed E-state index contributed by atoms with van der Waals surface area (Å²) in [4.78, 5) is 47.7. The maximum Gasteiger partial charge on any atom is 0.514 e. The fraction of sp³-hybridized carbons (Fsp3) is 0.429. The first-order chi connectivity index (χ1) is 15.6. The van der Waals surface area contributed by atoms with Crippen molar-refractivity contribution in [2.24, 2.45) is 0 Å². The highest BCUT2D eigenvalue weighted by Gasteiger charge is 2.24. The lowest BCUT2D eigenvalue weighted by atomic mass is 10.1. The molecular formula is C21H25N3O9. The number of rotatable bonds is 10. The fourth-order valence-electron chi connectivity index (χ4n) is 2.68. The van der Waals surface area contributed by atoms with Crippen LogP contribution in [0.1, 0.15) is 39.7 Å². The van der Waals surface area contributed by atoms with Gasteiger partial charge >= 0.3 is 17.8 Å². The van der Waals surface area contributed by atoms with Gasteiger partial charge in [0.15, 0.2) is 5.75 Å². The Hall–Kier alpha value is -4.14. The Morgan fingerprint density at radius 3 is 2.42 bits per heavy atom. The number of nitriles is 1. The molecule has 1 atom stereocenters. The summed E-state index contributed by atoms with van der Waals surface area (Å²) >= 11 is 0. The summed E-state index contributed by atoms with van der Waals surface area (Å²) in [5.41, 5.74) is -1.17. The van der Waals surface area contributed by atoms with Crippen molar-refractivity contribution in [3.8, 4) is 17.6 Å². The molecule has 0 radical (unpaired) electrons. The molecule has 0 heterocycles. The number of hydrogen-bond donors (Lipinski definition) is 1. The smallest absolute Gasteiger partial charge is 0.499 e. The number of phenols is 1. The van der Waals surface area contributed by atoms with Crippen LogP contribution in [0.5, 0.6) is 11.5 Å². The van der Waals surface area contributed by atoms with Crippen molar-refractivity contribution in [1.82, 2.24) is 4.90 Å². The summed E-state index contributed by atoms with van der Waals surface area (Å²) in [6.45, 7) is 7.29. The molecule has 1 amide bonds. The molecule has 0 saturated heterocycles. The third-order valence-corrected chi connectivity index (χ3v) is 4.24. The monoisotopic (exact) mass is 463 g/mol. The number of carbonyl (C=O) groups is 3. The van der Waals surface area contributed by atoms with E-state index >= 15 is 0 Å². The average molecular weight is 463 g/mol. The van der Waals surface area contributed by atoms with Crippen LogP contribution in [-0.4, -0.2) is 58.8 Å². The van der Waals surface area contributed by atoms with Gasteiger partial charge in [0.1, 0.15) is 17.7 Å². The van der Waals surface area contributed by atoms with Crippen LogP contribution in [0.25, 0.3) is 6.08 Å². The van der Waals surface area contributed by atoms with Gasteiger partial charge in [-0.15, -0.1) is 0 Å². The molecule has 0 aliphatic rings. The summed E-state index contributed by atoms with van der Waals surface area (Å²) < 4.78 is 14.5. The van der Waals surface area contributed by atoms with E-state index in [1.165, 1.54) is 11.8 Å². The predicted octanol–water partition coefficient (Wildman–Crippen LogP) is 2.93. The molecule has 1 N–H and O–H groups in total. The van der Waals surface area contributed by atoms with Gasteiger partial charge in [-0.1, -0.05) is 0 Å². The van der Waals surface area contributed by atoms with E-state index in [2.05, 4.69) is 0 Å². The quantitative estimate of drug-likeness (QED) is 0.136. The molecule has 12 nitrogen and oxygen atoms in total. The average Bonchev–Trinajstić information content (AvgIpc) is 2.74. The van der Waals surface area contributed by atoms with Gasteiger partial charge in [-0.2, -0.15) is 5.26 Å². The Balaban J connectivity index is 3.24. The lowest BCUT2D eigenvalue weighted by molar-refractivity contribution is -0.385. The number of carbonyl (C=O) groups excluding carboxylic acids is 3. The lowest BCUT2D eigenvalue weighted by Gasteiger charge is -2.17. The standard InChI is InChI=1S/C21H25N3O9/c1-5-23(6-2)20(27)15(12-22)9-14-10-16(24(29)30)19(26)17(11-14)33-21(28)32-13(4)8-18(25)31-7-3/h9-11,13,26H,5-8H2,1-4H3/b15-9+. The van der Waals surface area contributed by atoms with Gasteiger partial charge in [0.25, 0.3) is 5.91 Å². The highest BCUT2D eigenvalue weighted by atomic mass is 16.7. The van der Waals surface area contributed by atoms with Crippen molar-refractivity contribution in [2.45, 2.75) is 40.2 Å². The molecule has 0 fully saturated rings. The molecule has 12 heteroatoms. The highest BCUT2D eigenvalue weighted by molar-refractivity contribution is 6.01. The second-order valence-electron chi connectivity index (χ2n) is 6.58. The van der Waals surface area contributed by atoms with Crippen molar-refractivity contribution in [1.29, 1.82) is 5.26 Å². The van der Waals surface area contributed by atoms with E-state index < -0.39 is 46.2 Å². The van der Waals surface area contributed by atoms with Crippen LogP contribution in [0, 0.1) is 21.4 Å². The van der Waals surface area contributed by atoms with Gasteiger partial charge in [0, 0.05) is 19.2 Å². The van der Waals surface area contributed by atoms with Crippen molar-refractivity contribution < 1.29 is 38.6 Å². The largest absolute Gasteiger partial charge is 0.514 e. The first-order valence-electron chi connectivity index (χ1n) is 10.0. The summed E-state index contributed by atoms with van der Waals surface area (Å²) in [6, 6.07) is 3.69. The molecule has 1 unspecified atom stereocenters. The predicted molar refractivity (Wildman–Crippen MR) is 114 cm³/mol. The molecule has 0 saturated carbocycles. The highest BCUT2D eigenvalue weighted by Crippen LogP contribution is 2.38. The number of hydrogen-bond acceptors (Lipinski definition) is 10. The molecule has 0 aromatic heterocycles. The van der Waals surface area contributed by atoms with Gasteiger partial charge in [0.05, 0.1) is 18.0 Å². The fourth-order valence-corrected chi connectivity index (χ4v) is 2.68. The molecule has 0 bridgehead atoms. The number of benzene rings is 1. The summed E-state index contributed by atoms with van der Waals surface area (Å²) in [5.74, 6) is -2.78. The Bertz CT molecular complexity index is 978. The molecule has 0 spiro atoms. The molecule has 1 aromatic carbocycles. The van der Waals surface area contributed by atoms with E-state index in [1.54, 1.807) is 26.8 Å². The van der Waals surface area contributed by atoms with Crippen LogP contribution in [0.2, 0.25) is 0 Å². The molecule has 0 aliphatic carbocycles. The zero-order valence-corrected chi connectivity index (χ0v) is 18.7. The van der Waals surface area contributed by atoms with E-state index in [1.807, 2.05) is 0 Å². The Morgan fingerprint density at radius 2 is 1.91 bits per heavy atom. The lowest BCUT2D eigenvalue weighted by Crippen LogP contribution is -2.31. The third kappa shape index (κ3) is 7.80. The minimum absolute atomic E-state index is 0.0427. The van der Waals surface area contributed by atoms with Crippen LogP contribution in [-0.2, 0) is 19.1 Å². The van der Waals surface area contributed by atoms with Crippen molar-refractivity contribution in [2.75, 3.05) is 19.7 Å². The van der Waals surface area contributed by atoms with Crippen molar-refractivity contribution in [3.63, 3.8) is 0 Å². The van der Waals surface area contributed by atoms with Crippen LogP contribution < -0.4 is 4.74 Å². The number of esters is 1. The first-order valence-corrected chi connectivity index (χ1v) is 10.0. The molecule has 1 aromatic rings. The van der Waals surface area contributed by atoms with Gasteiger partial charge in [-0.05, 0) is 45.4 Å². The SMILES string of the molecule is CCOC(=O)CC(C)OC(=O)Oc1cc(/C=C(\C#N)C(=O)N(CC)CC)cc([N+](=O)[O-])c1O. The van der Waals surface area contributed by atoms with Gasteiger partial charge < -0.3 is 24.2 Å². The van der Waals surface area contributed by atoms with Crippen LogP contribution in [0.3, 0.4) is 0 Å². The number of nitro benzene ring substituents is 1. The van der Waals surface area contributed by atoms with Crippen molar-refractivity contribution in [3.05, 3.63) is 33.4 Å². The number of aromatic hydroxyl groups is 1. The van der Waals surface area contributed by atoms with Gasteiger partial charge in [-0.25, -0.2) is 4.79 Å². The zero-order chi connectivity index (χ0) is 25.1. The minimum Gasteiger partial charge on any atom is -0.499 e. The van der Waals surface area contributed by atoms with E-state index in [-0.39, 0.29) is 24.2 Å². The van der Waals surface area contributed by atoms with Crippen molar-refractivity contribution >= 4 is 29.8 Å². The summed E-state index contributed by atoms with van der Waals surface area (Å²) in [6.07, 6.45) is -1.45. The number of phenolic OH excluding ortho intramolecular Hbond substituents is 1. The second-order valence-corrected chi connectivity index (χ2v) is 6.58. The molecular weight excluding hydrogens is 438 g/mol. The van der Waals surface area contributed by atoms with Gasteiger partial charge in [0.2, 0.25) is 5.75 Å². The maximum atomic E-state index is 12.5. The summed E-state index contributed by atoms with van der Waals surface area (Å²) in [7, 11) is 0. The normalized spacial score (nSPS) is 11.7. The van der Waals surface area contributed by atoms with E-state index in [0.29, 0.717) is 13.1 Å². The zero-order valence-electron chi connectivity index (χ0n) is 18.7. The number of ether oxygens (including phenoxy) is 3. The maximum absolute atomic E-state index is 12.5. The minimum atomic E-state index is -1.34. The van der Waals surface area contributed by atoms with E-state index in [0.717, 1.165) is 18.2 Å². The van der Waals surface area contributed by atoms with E-state index in [9.17, 15) is 34.9 Å².